The molecule has 8 nitrogen and oxygen atoms in total. The number of fused-ring (bicyclic) bond motifs is 1. The standard InChI is InChI=1S/C21H26N2O2.C2H2O4/c1-2-4-18(5-3-1)15-23-12-9-19(10-13-23)22-11-8-17-6-7-20-21(14-17)25-16-24-20;3-1(4)2(5)6/h1-7,14,19,22H,8-13,15-16H2;(H,3,4)(H,5,6). The molecule has 0 atom stereocenters. The molecule has 8 heteroatoms. The number of hydrogen-bond donors (Lipinski definition) is 3. The maximum Gasteiger partial charge on any atom is 0.414 e. The highest BCUT2D eigenvalue weighted by molar-refractivity contribution is 6.27. The van der Waals surface area contributed by atoms with Gasteiger partial charge in [0, 0.05) is 12.6 Å². The van der Waals surface area contributed by atoms with Gasteiger partial charge in [0.15, 0.2) is 11.5 Å². The Hall–Kier alpha value is -3.10. The second kappa shape index (κ2) is 11.3. The van der Waals surface area contributed by atoms with Crippen molar-refractivity contribution in [1.82, 2.24) is 10.2 Å². The summed E-state index contributed by atoms with van der Waals surface area (Å²) in [6, 6.07) is 17.7. The smallest absolute Gasteiger partial charge is 0.414 e. The maximum absolute atomic E-state index is 9.10. The number of nitrogens with one attached hydrogen (secondary N) is 1. The average Bonchev–Trinajstić information content (AvgIpc) is 3.24. The van der Waals surface area contributed by atoms with Gasteiger partial charge in [-0.15, -0.1) is 0 Å². The Morgan fingerprint density at radius 1 is 0.935 bits per heavy atom. The molecule has 0 unspecified atom stereocenters. The van der Waals surface area contributed by atoms with E-state index in [1.165, 1.54) is 37.1 Å². The summed E-state index contributed by atoms with van der Waals surface area (Å²) < 4.78 is 10.8. The van der Waals surface area contributed by atoms with Crippen molar-refractivity contribution in [3.63, 3.8) is 0 Å². The van der Waals surface area contributed by atoms with Gasteiger partial charge in [-0.05, 0) is 62.2 Å². The fraction of sp³-hybridized carbons (Fsp3) is 0.391. The quantitative estimate of drug-likeness (QED) is 0.602. The summed E-state index contributed by atoms with van der Waals surface area (Å²) in [6.07, 6.45) is 3.49. The van der Waals surface area contributed by atoms with E-state index in [0.29, 0.717) is 12.8 Å². The second-order valence-electron chi connectivity index (χ2n) is 7.54. The number of carboxylic acids is 2. The lowest BCUT2D eigenvalue weighted by Crippen LogP contribution is -2.42. The summed E-state index contributed by atoms with van der Waals surface area (Å²) in [7, 11) is 0. The lowest BCUT2D eigenvalue weighted by atomic mass is 10.0. The molecule has 3 N–H and O–H groups in total. The molecule has 0 radical (unpaired) electrons. The van der Waals surface area contributed by atoms with Crippen LogP contribution in [0, 0.1) is 0 Å². The maximum atomic E-state index is 9.10. The molecule has 2 aliphatic heterocycles. The van der Waals surface area contributed by atoms with Crippen molar-refractivity contribution in [2.45, 2.75) is 31.8 Å². The molecule has 2 aliphatic rings. The van der Waals surface area contributed by atoms with E-state index in [-0.39, 0.29) is 0 Å². The first-order chi connectivity index (χ1) is 15.0. The van der Waals surface area contributed by atoms with E-state index in [9.17, 15) is 0 Å². The van der Waals surface area contributed by atoms with Crippen molar-refractivity contribution in [2.24, 2.45) is 0 Å². The van der Waals surface area contributed by atoms with Crippen molar-refractivity contribution in [1.29, 1.82) is 0 Å². The number of carbonyl (C=O) groups is 2. The van der Waals surface area contributed by atoms with Gasteiger partial charge < -0.3 is 25.0 Å². The number of aliphatic carboxylic acids is 2. The molecule has 0 spiro atoms. The monoisotopic (exact) mass is 428 g/mol. The number of hydrogen-bond acceptors (Lipinski definition) is 6. The van der Waals surface area contributed by atoms with Crippen LogP contribution in [0.3, 0.4) is 0 Å². The van der Waals surface area contributed by atoms with Crippen molar-refractivity contribution >= 4 is 11.9 Å². The minimum atomic E-state index is -1.82. The van der Waals surface area contributed by atoms with Crippen molar-refractivity contribution < 1.29 is 29.3 Å². The number of likely N-dealkylation sites (tertiary alicyclic amines) is 1. The van der Waals surface area contributed by atoms with Gasteiger partial charge in [-0.3, -0.25) is 4.90 Å². The molecule has 0 aromatic heterocycles. The first-order valence-corrected chi connectivity index (χ1v) is 10.4. The minimum Gasteiger partial charge on any atom is -0.473 e. The number of rotatable bonds is 6. The van der Waals surface area contributed by atoms with E-state index in [1.807, 2.05) is 6.07 Å². The molecule has 0 bridgehead atoms. The molecule has 2 aromatic rings. The van der Waals surface area contributed by atoms with Gasteiger partial charge in [0.05, 0.1) is 0 Å². The predicted octanol–water partition coefficient (Wildman–Crippen LogP) is 2.37. The molecule has 4 rings (SSSR count). The molecule has 0 saturated carbocycles. The molecular weight excluding hydrogens is 400 g/mol. The third-order valence-electron chi connectivity index (χ3n) is 5.30. The Morgan fingerprint density at radius 2 is 1.61 bits per heavy atom. The largest absolute Gasteiger partial charge is 0.473 e. The molecule has 1 fully saturated rings. The van der Waals surface area contributed by atoms with E-state index in [2.05, 4.69) is 52.7 Å². The SMILES string of the molecule is O=C(O)C(=O)O.c1ccc(CN2CCC(NCCc3ccc4c(c3)OCO4)CC2)cc1. The number of benzene rings is 2. The van der Waals surface area contributed by atoms with Crippen LogP contribution in [-0.4, -0.2) is 59.5 Å². The Bertz CT molecular complexity index is 854. The summed E-state index contributed by atoms with van der Waals surface area (Å²) in [5, 5.41) is 18.5. The van der Waals surface area contributed by atoms with Crippen LogP contribution in [0.2, 0.25) is 0 Å². The lowest BCUT2D eigenvalue weighted by molar-refractivity contribution is -0.159. The lowest BCUT2D eigenvalue weighted by Gasteiger charge is -2.32. The molecule has 2 aromatic carbocycles. The molecule has 31 heavy (non-hydrogen) atoms. The summed E-state index contributed by atoms with van der Waals surface area (Å²) in [4.78, 5) is 20.8. The first-order valence-electron chi connectivity index (χ1n) is 10.4. The fourth-order valence-corrected chi connectivity index (χ4v) is 3.65. The van der Waals surface area contributed by atoms with Gasteiger partial charge in [-0.1, -0.05) is 36.4 Å². The highest BCUT2D eigenvalue weighted by Crippen LogP contribution is 2.32. The first kappa shape index (κ1) is 22.6. The van der Waals surface area contributed by atoms with Crippen LogP contribution < -0.4 is 14.8 Å². The van der Waals surface area contributed by atoms with Crippen molar-refractivity contribution in [3.05, 3.63) is 59.7 Å². The van der Waals surface area contributed by atoms with Crippen LogP contribution in [-0.2, 0) is 22.6 Å². The van der Waals surface area contributed by atoms with Crippen LogP contribution in [0.25, 0.3) is 0 Å². The average molecular weight is 428 g/mol. The van der Waals surface area contributed by atoms with Crippen LogP contribution in [0.5, 0.6) is 11.5 Å². The minimum absolute atomic E-state index is 0.346. The van der Waals surface area contributed by atoms with E-state index in [4.69, 9.17) is 29.3 Å². The van der Waals surface area contributed by atoms with E-state index in [1.54, 1.807) is 0 Å². The Kier molecular flexibility index (Phi) is 8.26. The van der Waals surface area contributed by atoms with Gasteiger partial charge in [0.2, 0.25) is 6.79 Å². The van der Waals surface area contributed by atoms with Gasteiger partial charge in [0.1, 0.15) is 0 Å². The Labute approximate surface area is 181 Å². The predicted molar refractivity (Wildman–Crippen MR) is 114 cm³/mol. The zero-order valence-corrected chi connectivity index (χ0v) is 17.3. The summed E-state index contributed by atoms with van der Waals surface area (Å²) in [5.41, 5.74) is 2.72. The molecule has 1 saturated heterocycles. The number of piperidine rings is 1. The van der Waals surface area contributed by atoms with E-state index >= 15 is 0 Å². The third-order valence-corrected chi connectivity index (χ3v) is 5.30. The zero-order chi connectivity index (χ0) is 22.1. The van der Waals surface area contributed by atoms with Crippen LogP contribution in [0.1, 0.15) is 24.0 Å². The molecule has 0 amide bonds. The second-order valence-corrected chi connectivity index (χ2v) is 7.54. The highest BCUT2D eigenvalue weighted by Gasteiger charge is 2.19. The molecule has 0 aliphatic carbocycles. The fourth-order valence-electron chi connectivity index (χ4n) is 3.65. The normalized spacial score (nSPS) is 15.7. The van der Waals surface area contributed by atoms with Gasteiger partial charge in [-0.25, -0.2) is 9.59 Å². The Balaban J connectivity index is 0.000000401. The van der Waals surface area contributed by atoms with Crippen LogP contribution in [0.15, 0.2) is 48.5 Å². The van der Waals surface area contributed by atoms with Gasteiger partial charge >= 0.3 is 11.9 Å². The summed E-state index contributed by atoms with van der Waals surface area (Å²) in [6.45, 7) is 4.79. The van der Waals surface area contributed by atoms with Crippen LogP contribution in [0.4, 0.5) is 0 Å². The van der Waals surface area contributed by atoms with Gasteiger partial charge in [0.25, 0.3) is 0 Å². The number of nitrogens with zero attached hydrogens (tertiary/aromatic N) is 1. The number of ether oxygens (including phenoxy) is 2. The summed E-state index contributed by atoms with van der Waals surface area (Å²) >= 11 is 0. The zero-order valence-electron chi connectivity index (χ0n) is 17.3. The van der Waals surface area contributed by atoms with Crippen molar-refractivity contribution in [3.8, 4) is 11.5 Å². The highest BCUT2D eigenvalue weighted by atomic mass is 16.7. The van der Waals surface area contributed by atoms with Crippen LogP contribution >= 0.6 is 0 Å². The van der Waals surface area contributed by atoms with Gasteiger partial charge in [-0.2, -0.15) is 0 Å². The molecular formula is C23H28N2O6. The number of carboxylic acid groups (broad SMARTS) is 2. The third kappa shape index (κ3) is 7.27. The van der Waals surface area contributed by atoms with Crippen molar-refractivity contribution in [2.75, 3.05) is 26.4 Å². The molecule has 2 heterocycles. The van der Waals surface area contributed by atoms with E-state index < -0.39 is 11.9 Å². The molecule has 166 valence electrons. The van der Waals surface area contributed by atoms with E-state index in [0.717, 1.165) is 31.0 Å². The summed E-state index contributed by atoms with van der Waals surface area (Å²) in [5.74, 6) is -1.90. The Morgan fingerprint density at radius 3 is 2.29 bits per heavy atom. The topological polar surface area (TPSA) is 108 Å².